The van der Waals surface area contributed by atoms with Crippen molar-refractivity contribution in [2.24, 2.45) is 17.8 Å². The molecule has 21 heavy (non-hydrogen) atoms. The average molecular weight is 352 g/mol. The highest BCUT2D eigenvalue weighted by Crippen LogP contribution is 2.42. The zero-order chi connectivity index (χ0) is 15.0. The van der Waals surface area contributed by atoms with E-state index in [-0.39, 0.29) is 23.7 Å². The van der Waals surface area contributed by atoms with Crippen molar-refractivity contribution in [2.45, 2.75) is 19.8 Å². The second-order valence-electron chi connectivity index (χ2n) is 5.92. The standard InChI is InChI=1S/C16H18BrNO3/c1-10-7-13-14(8-10)16(20)18(15(13)19)5-6-21-12-4-2-3-11(17)9-12/h2-4,9-10,13-14H,5-8H2,1H3. The van der Waals surface area contributed by atoms with E-state index in [2.05, 4.69) is 22.9 Å². The van der Waals surface area contributed by atoms with Gasteiger partial charge in [0.05, 0.1) is 18.4 Å². The quantitative estimate of drug-likeness (QED) is 0.783. The van der Waals surface area contributed by atoms with Gasteiger partial charge < -0.3 is 4.74 Å². The minimum absolute atomic E-state index is 0.00723. The van der Waals surface area contributed by atoms with Crippen molar-refractivity contribution in [3.8, 4) is 5.75 Å². The Labute approximate surface area is 132 Å². The lowest BCUT2D eigenvalue weighted by Gasteiger charge is -2.17. The number of hydrogen-bond acceptors (Lipinski definition) is 3. The third kappa shape index (κ3) is 2.84. The summed E-state index contributed by atoms with van der Waals surface area (Å²) in [5, 5.41) is 0. The van der Waals surface area contributed by atoms with E-state index in [4.69, 9.17) is 4.74 Å². The number of carbonyl (C=O) groups excluding carboxylic acids is 2. The molecule has 4 nitrogen and oxygen atoms in total. The van der Waals surface area contributed by atoms with Gasteiger partial charge >= 0.3 is 0 Å². The Kier molecular flexibility index (Phi) is 4.02. The largest absolute Gasteiger partial charge is 0.492 e. The van der Waals surface area contributed by atoms with Crippen molar-refractivity contribution in [1.82, 2.24) is 4.90 Å². The zero-order valence-corrected chi connectivity index (χ0v) is 13.5. The number of amides is 2. The third-order valence-corrected chi connectivity index (χ3v) is 4.84. The number of likely N-dealkylation sites (tertiary alicyclic amines) is 1. The smallest absolute Gasteiger partial charge is 0.233 e. The van der Waals surface area contributed by atoms with Gasteiger partial charge in [-0.05, 0) is 37.0 Å². The first-order chi connectivity index (χ1) is 10.1. The van der Waals surface area contributed by atoms with Crippen LogP contribution in [0.4, 0.5) is 0 Å². The number of carbonyl (C=O) groups is 2. The van der Waals surface area contributed by atoms with Gasteiger partial charge in [-0.2, -0.15) is 0 Å². The van der Waals surface area contributed by atoms with Crippen LogP contribution in [-0.4, -0.2) is 29.9 Å². The molecule has 2 aliphatic rings. The summed E-state index contributed by atoms with van der Waals surface area (Å²) in [4.78, 5) is 26.0. The number of imide groups is 1. The van der Waals surface area contributed by atoms with Gasteiger partial charge in [-0.1, -0.05) is 28.9 Å². The molecule has 0 bridgehead atoms. The number of rotatable bonds is 4. The summed E-state index contributed by atoms with van der Waals surface area (Å²) < 4.78 is 6.55. The number of nitrogens with zero attached hydrogens (tertiary/aromatic N) is 1. The molecule has 0 aromatic heterocycles. The second-order valence-corrected chi connectivity index (χ2v) is 6.84. The van der Waals surface area contributed by atoms with Gasteiger partial charge in [0.25, 0.3) is 0 Å². The maximum absolute atomic E-state index is 12.3. The number of ether oxygens (including phenoxy) is 1. The molecule has 3 rings (SSSR count). The van der Waals surface area contributed by atoms with Gasteiger partial charge in [-0.25, -0.2) is 0 Å². The van der Waals surface area contributed by atoms with Crippen LogP contribution in [0.25, 0.3) is 0 Å². The van der Waals surface area contributed by atoms with Gasteiger partial charge in [-0.3, -0.25) is 14.5 Å². The molecular formula is C16H18BrNO3. The van der Waals surface area contributed by atoms with Gasteiger partial charge in [0, 0.05) is 4.47 Å². The van der Waals surface area contributed by atoms with Gasteiger partial charge in [0.15, 0.2) is 0 Å². The van der Waals surface area contributed by atoms with Crippen molar-refractivity contribution < 1.29 is 14.3 Å². The Balaban J connectivity index is 1.57. The first-order valence-corrected chi connectivity index (χ1v) is 8.09. The van der Waals surface area contributed by atoms with Crippen LogP contribution in [0, 0.1) is 17.8 Å². The van der Waals surface area contributed by atoms with Crippen molar-refractivity contribution in [1.29, 1.82) is 0 Å². The first-order valence-electron chi connectivity index (χ1n) is 7.30. The van der Waals surface area contributed by atoms with E-state index in [0.717, 1.165) is 23.1 Å². The predicted octanol–water partition coefficient (Wildman–Crippen LogP) is 2.86. The Bertz CT molecular complexity index is 550. The van der Waals surface area contributed by atoms with Crippen LogP contribution in [0.2, 0.25) is 0 Å². The maximum atomic E-state index is 12.3. The van der Waals surface area contributed by atoms with E-state index >= 15 is 0 Å². The molecule has 1 heterocycles. The molecule has 0 radical (unpaired) electrons. The van der Waals surface area contributed by atoms with Crippen molar-refractivity contribution >= 4 is 27.7 Å². The number of halogens is 1. The van der Waals surface area contributed by atoms with Crippen LogP contribution in [0.15, 0.2) is 28.7 Å². The zero-order valence-electron chi connectivity index (χ0n) is 11.9. The summed E-state index contributed by atoms with van der Waals surface area (Å²) in [5.74, 6) is 1.03. The SMILES string of the molecule is CC1CC2C(=O)N(CCOc3cccc(Br)c3)C(=O)C2C1. The molecule has 2 atom stereocenters. The highest BCUT2D eigenvalue weighted by atomic mass is 79.9. The normalized spacial score (nSPS) is 28.1. The van der Waals surface area contributed by atoms with E-state index in [1.807, 2.05) is 24.3 Å². The van der Waals surface area contributed by atoms with E-state index in [0.29, 0.717) is 19.1 Å². The highest BCUT2D eigenvalue weighted by Gasteiger charge is 2.51. The summed E-state index contributed by atoms with van der Waals surface area (Å²) in [5.41, 5.74) is 0. The first kappa shape index (κ1) is 14.6. The molecule has 0 spiro atoms. The summed E-state index contributed by atoms with van der Waals surface area (Å²) in [7, 11) is 0. The highest BCUT2D eigenvalue weighted by molar-refractivity contribution is 9.10. The van der Waals surface area contributed by atoms with Crippen LogP contribution in [0.1, 0.15) is 19.8 Å². The fourth-order valence-electron chi connectivity index (χ4n) is 3.38. The van der Waals surface area contributed by atoms with Crippen molar-refractivity contribution in [3.05, 3.63) is 28.7 Å². The van der Waals surface area contributed by atoms with Crippen molar-refractivity contribution in [2.75, 3.05) is 13.2 Å². The molecule has 2 fully saturated rings. The molecule has 1 saturated heterocycles. The monoisotopic (exact) mass is 351 g/mol. The lowest BCUT2D eigenvalue weighted by Crippen LogP contribution is -2.35. The van der Waals surface area contributed by atoms with E-state index < -0.39 is 0 Å². The Hall–Kier alpha value is -1.36. The predicted molar refractivity (Wildman–Crippen MR) is 81.7 cm³/mol. The minimum Gasteiger partial charge on any atom is -0.492 e. The summed E-state index contributed by atoms with van der Waals surface area (Å²) in [6.07, 6.45) is 1.69. The molecule has 1 aromatic carbocycles. The van der Waals surface area contributed by atoms with E-state index in [9.17, 15) is 9.59 Å². The molecule has 2 unspecified atom stereocenters. The average Bonchev–Trinajstić information content (AvgIpc) is 2.92. The topological polar surface area (TPSA) is 46.6 Å². The van der Waals surface area contributed by atoms with Crippen LogP contribution in [0.3, 0.4) is 0 Å². The lowest BCUT2D eigenvalue weighted by atomic mass is 10.00. The van der Waals surface area contributed by atoms with Crippen molar-refractivity contribution in [3.63, 3.8) is 0 Å². The van der Waals surface area contributed by atoms with E-state index in [1.54, 1.807) is 0 Å². The number of hydrogen-bond donors (Lipinski definition) is 0. The minimum atomic E-state index is -0.0848. The molecule has 1 saturated carbocycles. The second kappa shape index (κ2) is 5.79. The Morgan fingerprint density at radius 3 is 2.52 bits per heavy atom. The summed E-state index contributed by atoms with van der Waals surface area (Å²) in [6, 6.07) is 7.53. The fraction of sp³-hybridized carbons (Fsp3) is 0.500. The van der Waals surface area contributed by atoms with Gasteiger partial charge in [0.2, 0.25) is 11.8 Å². The molecule has 1 aliphatic heterocycles. The number of benzene rings is 1. The van der Waals surface area contributed by atoms with E-state index in [1.165, 1.54) is 4.90 Å². The molecule has 112 valence electrons. The molecule has 1 aromatic rings. The van der Waals surface area contributed by atoms with Crippen LogP contribution >= 0.6 is 15.9 Å². The summed E-state index contributed by atoms with van der Waals surface area (Å²) in [6.45, 7) is 2.79. The lowest BCUT2D eigenvalue weighted by molar-refractivity contribution is -0.140. The molecule has 1 aliphatic carbocycles. The van der Waals surface area contributed by atoms with Gasteiger partial charge in [-0.15, -0.1) is 0 Å². The molecule has 5 heteroatoms. The molecular weight excluding hydrogens is 334 g/mol. The van der Waals surface area contributed by atoms with Crippen LogP contribution < -0.4 is 4.74 Å². The van der Waals surface area contributed by atoms with Crippen LogP contribution in [-0.2, 0) is 9.59 Å². The van der Waals surface area contributed by atoms with Gasteiger partial charge in [0.1, 0.15) is 12.4 Å². The van der Waals surface area contributed by atoms with Crippen LogP contribution in [0.5, 0.6) is 5.75 Å². The molecule has 0 N–H and O–H groups in total. The molecule has 2 amide bonds. The maximum Gasteiger partial charge on any atom is 0.233 e. The Morgan fingerprint density at radius 2 is 1.90 bits per heavy atom. The Morgan fingerprint density at radius 1 is 1.24 bits per heavy atom. The summed E-state index contributed by atoms with van der Waals surface area (Å²) >= 11 is 3.38. The number of fused-ring (bicyclic) bond motifs is 1. The third-order valence-electron chi connectivity index (χ3n) is 4.34. The fourth-order valence-corrected chi connectivity index (χ4v) is 3.76.